The van der Waals surface area contributed by atoms with Crippen LogP contribution in [0.25, 0.3) is 0 Å². The average Bonchev–Trinajstić information content (AvgIpc) is 2.26. The Morgan fingerprint density at radius 2 is 1.89 bits per heavy atom. The summed E-state index contributed by atoms with van der Waals surface area (Å²) in [7, 11) is 0. The van der Waals surface area contributed by atoms with Crippen molar-refractivity contribution in [1.82, 2.24) is 9.97 Å². The quantitative estimate of drug-likeness (QED) is 0.753. The lowest BCUT2D eigenvalue weighted by Gasteiger charge is -2.09. The van der Waals surface area contributed by atoms with E-state index in [1.807, 2.05) is 12.1 Å². The van der Waals surface area contributed by atoms with E-state index in [-0.39, 0.29) is 0 Å². The smallest absolute Gasteiger partial charge is 0.135 e. The lowest BCUT2D eigenvalue weighted by molar-refractivity contribution is 0.831. The molecule has 1 N–H and O–H groups in total. The van der Waals surface area contributed by atoms with E-state index >= 15 is 0 Å². The predicted octanol–water partition coefficient (Wildman–Crippen LogP) is 5.01. The standard InChI is InChI=1S/C14H15Br2N3/c1-3-4-13-18-12(16)8-14(19-13)17-11-6-9(2)5-10(15)7-11/h5-8H,3-4H2,1-2H3,(H,17,18,19). The van der Waals surface area contributed by atoms with Crippen LogP contribution in [0.5, 0.6) is 0 Å². The molecule has 0 aliphatic carbocycles. The number of anilines is 2. The molecule has 2 aromatic rings. The van der Waals surface area contributed by atoms with Gasteiger partial charge >= 0.3 is 0 Å². The summed E-state index contributed by atoms with van der Waals surface area (Å²) in [5.41, 5.74) is 2.21. The summed E-state index contributed by atoms with van der Waals surface area (Å²) in [5, 5.41) is 3.31. The van der Waals surface area contributed by atoms with Crippen molar-refractivity contribution in [3.05, 3.63) is 44.7 Å². The second-order valence-corrected chi connectivity index (χ2v) is 6.11. The van der Waals surface area contributed by atoms with Gasteiger partial charge < -0.3 is 5.32 Å². The number of aromatic nitrogens is 2. The molecule has 100 valence electrons. The fraction of sp³-hybridized carbons (Fsp3) is 0.286. The normalized spacial score (nSPS) is 10.5. The number of nitrogens with zero attached hydrogens (tertiary/aromatic N) is 2. The maximum absolute atomic E-state index is 4.51. The minimum atomic E-state index is 0.806. The van der Waals surface area contributed by atoms with Gasteiger partial charge in [-0.15, -0.1) is 0 Å². The average molecular weight is 385 g/mol. The molecular weight excluding hydrogens is 370 g/mol. The van der Waals surface area contributed by atoms with Crippen molar-refractivity contribution in [3.63, 3.8) is 0 Å². The lowest BCUT2D eigenvalue weighted by Crippen LogP contribution is -2.00. The molecule has 1 aromatic heterocycles. The molecule has 0 amide bonds. The first kappa shape index (κ1) is 14.5. The van der Waals surface area contributed by atoms with Crippen LogP contribution in [0.2, 0.25) is 0 Å². The minimum Gasteiger partial charge on any atom is -0.340 e. The van der Waals surface area contributed by atoms with E-state index in [1.165, 1.54) is 5.56 Å². The number of hydrogen-bond acceptors (Lipinski definition) is 3. The van der Waals surface area contributed by atoms with Gasteiger partial charge in [0.25, 0.3) is 0 Å². The number of hydrogen-bond donors (Lipinski definition) is 1. The number of aryl methyl sites for hydroxylation is 2. The van der Waals surface area contributed by atoms with Gasteiger partial charge in [0, 0.05) is 22.6 Å². The van der Waals surface area contributed by atoms with E-state index in [2.05, 4.69) is 73.1 Å². The number of benzene rings is 1. The lowest BCUT2D eigenvalue weighted by atomic mass is 10.2. The van der Waals surface area contributed by atoms with Gasteiger partial charge in [0.05, 0.1) is 0 Å². The van der Waals surface area contributed by atoms with Gasteiger partial charge in [-0.1, -0.05) is 22.9 Å². The topological polar surface area (TPSA) is 37.8 Å². The van der Waals surface area contributed by atoms with Crippen LogP contribution in [0.15, 0.2) is 33.3 Å². The van der Waals surface area contributed by atoms with E-state index in [0.29, 0.717) is 0 Å². The molecule has 5 heteroatoms. The fourth-order valence-electron chi connectivity index (χ4n) is 1.82. The molecule has 0 saturated heterocycles. The molecule has 0 radical (unpaired) electrons. The largest absolute Gasteiger partial charge is 0.340 e. The Balaban J connectivity index is 2.27. The van der Waals surface area contributed by atoms with Gasteiger partial charge in [-0.3, -0.25) is 0 Å². The highest BCUT2D eigenvalue weighted by atomic mass is 79.9. The first-order chi connectivity index (χ1) is 9.06. The summed E-state index contributed by atoms with van der Waals surface area (Å²) in [6.07, 6.45) is 1.91. The van der Waals surface area contributed by atoms with Gasteiger partial charge in [-0.2, -0.15) is 0 Å². The van der Waals surface area contributed by atoms with E-state index in [1.54, 1.807) is 0 Å². The maximum Gasteiger partial charge on any atom is 0.135 e. The SMILES string of the molecule is CCCc1nc(Br)cc(Nc2cc(C)cc(Br)c2)n1. The Morgan fingerprint density at radius 3 is 2.58 bits per heavy atom. The van der Waals surface area contributed by atoms with Gasteiger partial charge in [0.2, 0.25) is 0 Å². The number of nitrogens with one attached hydrogen (secondary N) is 1. The Kier molecular flexibility index (Phi) is 4.93. The van der Waals surface area contributed by atoms with Crippen molar-refractivity contribution in [2.45, 2.75) is 26.7 Å². The highest BCUT2D eigenvalue weighted by Crippen LogP contribution is 2.23. The molecule has 0 aliphatic heterocycles. The van der Waals surface area contributed by atoms with Gasteiger partial charge in [0.1, 0.15) is 16.2 Å². The first-order valence-corrected chi connectivity index (χ1v) is 7.73. The van der Waals surface area contributed by atoms with Crippen molar-refractivity contribution < 1.29 is 0 Å². The minimum absolute atomic E-state index is 0.806. The molecule has 19 heavy (non-hydrogen) atoms. The highest BCUT2D eigenvalue weighted by molar-refractivity contribution is 9.10. The number of rotatable bonds is 4. The fourth-order valence-corrected chi connectivity index (χ4v) is 2.85. The van der Waals surface area contributed by atoms with Crippen LogP contribution < -0.4 is 5.32 Å². The van der Waals surface area contributed by atoms with Crippen molar-refractivity contribution in [2.24, 2.45) is 0 Å². The third-order valence-corrected chi connectivity index (χ3v) is 3.39. The molecular formula is C14H15Br2N3. The summed E-state index contributed by atoms with van der Waals surface area (Å²) in [4.78, 5) is 8.87. The van der Waals surface area contributed by atoms with Crippen LogP contribution in [0.3, 0.4) is 0 Å². The van der Waals surface area contributed by atoms with Crippen molar-refractivity contribution in [2.75, 3.05) is 5.32 Å². The molecule has 1 heterocycles. The third-order valence-electron chi connectivity index (χ3n) is 2.53. The summed E-state index contributed by atoms with van der Waals surface area (Å²) in [6.45, 7) is 4.18. The zero-order chi connectivity index (χ0) is 13.8. The van der Waals surface area contributed by atoms with Crippen LogP contribution in [0, 0.1) is 6.92 Å². The highest BCUT2D eigenvalue weighted by Gasteiger charge is 2.04. The predicted molar refractivity (Wildman–Crippen MR) is 85.9 cm³/mol. The molecule has 0 spiro atoms. The van der Waals surface area contributed by atoms with Crippen LogP contribution in [-0.2, 0) is 6.42 Å². The zero-order valence-corrected chi connectivity index (χ0v) is 14.0. The van der Waals surface area contributed by atoms with E-state index in [9.17, 15) is 0 Å². The van der Waals surface area contributed by atoms with Crippen LogP contribution >= 0.6 is 31.9 Å². The molecule has 1 aromatic carbocycles. The Bertz CT molecular complexity index is 565. The molecule has 0 aliphatic rings. The molecule has 0 fully saturated rings. The van der Waals surface area contributed by atoms with Crippen LogP contribution in [0.4, 0.5) is 11.5 Å². The number of halogens is 2. The van der Waals surface area contributed by atoms with Crippen LogP contribution in [0.1, 0.15) is 24.7 Å². The molecule has 3 nitrogen and oxygen atoms in total. The van der Waals surface area contributed by atoms with E-state index < -0.39 is 0 Å². The molecule has 0 saturated carbocycles. The summed E-state index contributed by atoms with van der Waals surface area (Å²) < 4.78 is 1.86. The Hall–Kier alpha value is -0.940. The summed E-state index contributed by atoms with van der Waals surface area (Å²) in [5.74, 6) is 1.66. The maximum atomic E-state index is 4.51. The third kappa shape index (κ3) is 4.28. The first-order valence-electron chi connectivity index (χ1n) is 6.14. The van der Waals surface area contributed by atoms with E-state index in [4.69, 9.17) is 0 Å². The second kappa shape index (κ2) is 6.48. The summed E-state index contributed by atoms with van der Waals surface area (Å²) >= 11 is 6.92. The van der Waals surface area contributed by atoms with Crippen molar-refractivity contribution >= 4 is 43.4 Å². The molecule has 2 rings (SSSR count). The van der Waals surface area contributed by atoms with Gasteiger partial charge in [-0.05, 0) is 53.0 Å². The second-order valence-electron chi connectivity index (χ2n) is 4.38. The summed E-state index contributed by atoms with van der Waals surface area (Å²) in [6, 6.07) is 8.07. The Morgan fingerprint density at radius 1 is 1.11 bits per heavy atom. The molecule has 0 unspecified atom stereocenters. The molecule has 0 atom stereocenters. The van der Waals surface area contributed by atoms with Crippen molar-refractivity contribution in [1.29, 1.82) is 0 Å². The van der Waals surface area contributed by atoms with Crippen LogP contribution in [-0.4, -0.2) is 9.97 Å². The molecule has 0 bridgehead atoms. The van der Waals surface area contributed by atoms with Crippen molar-refractivity contribution in [3.8, 4) is 0 Å². The monoisotopic (exact) mass is 383 g/mol. The van der Waals surface area contributed by atoms with Gasteiger partial charge in [-0.25, -0.2) is 9.97 Å². The Labute approximate surface area is 130 Å². The van der Waals surface area contributed by atoms with Gasteiger partial charge in [0.15, 0.2) is 0 Å². The van der Waals surface area contributed by atoms with E-state index in [0.717, 1.165) is 39.2 Å². The zero-order valence-electron chi connectivity index (χ0n) is 10.9.